The molecular formula is C22H22Cl2N4O2S. The molecule has 0 atom stereocenters. The second kappa shape index (κ2) is 10.7. The Morgan fingerprint density at radius 2 is 2.06 bits per heavy atom. The molecule has 0 unspecified atom stereocenters. The first-order chi connectivity index (χ1) is 14.9. The van der Waals surface area contributed by atoms with Crippen LogP contribution in [0.4, 0.5) is 5.69 Å². The summed E-state index contributed by atoms with van der Waals surface area (Å²) in [7, 11) is 0. The van der Waals surface area contributed by atoms with Crippen LogP contribution < -0.4 is 10.1 Å². The Morgan fingerprint density at radius 3 is 2.84 bits per heavy atom. The number of allylic oxidation sites excluding steroid dienone is 1. The molecule has 1 aromatic heterocycles. The first-order valence-corrected chi connectivity index (χ1v) is 11.2. The summed E-state index contributed by atoms with van der Waals surface area (Å²) in [5.41, 5.74) is 2.99. The topological polar surface area (TPSA) is 69.0 Å². The Hall–Kier alpha value is -2.48. The van der Waals surface area contributed by atoms with Gasteiger partial charge in [0.2, 0.25) is 5.91 Å². The molecular weight excluding hydrogens is 455 g/mol. The van der Waals surface area contributed by atoms with Crippen molar-refractivity contribution in [3.63, 3.8) is 0 Å². The van der Waals surface area contributed by atoms with Gasteiger partial charge >= 0.3 is 0 Å². The van der Waals surface area contributed by atoms with Crippen molar-refractivity contribution in [3.05, 3.63) is 76.0 Å². The van der Waals surface area contributed by atoms with E-state index in [1.165, 1.54) is 11.8 Å². The lowest BCUT2D eigenvalue weighted by Crippen LogP contribution is -2.16. The number of carbonyl (C=O) groups is 1. The van der Waals surface area contributed by atoms with Gasteiger partial charge in [0.15, 0.2) is 11.0 Å². The molecule has 0 spiro atoms. The molecule has 0 fully saturated rings. The quantitative estimate of drug-likeness (QED) is 0.316. The van der Waals surface area contributed by atoms with Crippen LogP contribution in [0, 0.1) is 13.8 Å². The van der Waals surface area contributed by atoms with Crippen molar-refractivity contribution in [2.45, 2.75) is 32.2 Å². The standard InChI is InChI=1S/C22H22Cl2N4O2S/c1-4-10-28-20(12-30-19-11-16(23)8-9-17(19)24)26-27-22(28)31-13-21(29)25-18-7-5-6-14(2)15(18)3/h4-9,11H,1,10,12-13H2,2-3H3,(H,25,29). The zero-order chi connectivity index (χ0) is 22.4. The van der Waals surface area contributed by atoms with Crippen LogP contribution in [-0.2, 0) is 17.9 Å². The maximum absolute atomic E-state index is 12.4. The van der Waals surface area contributed by atoms with Gasteiger partial charge in [0.05, 0.1) is 10.8 Å². The second-order valence-corrected chi connectivity index (χ2v) is 8.53. The van der Waals surface area contributed by atoms with Gasteiger partial charge in [-0.15, -0.1) is 16.8 Å². The molecule has 9 heteroatoms. The van der Waals surface area contributed by atoms with E-state index in [1.54, 1.807) is 24.3 Å². The number of benzene rings is 2. The number of amides is 1. The van der Waals surface area contributed by atoms with Gasteiger partial charge in [0, 0.05) is 23.3 Å². The summed E-state index contributed by atoms with van der Waals surface area (Å²) in [6.45, 7) is 8.41. The van der Waals surface area contributed by atoms with E-state index in [2.05, 4.69) is 22.1 Å². The van der Waals surface area contributed by atoms with Crippen molar-refractivity contribution in [3.8, 4) is 5.75 Å². The van der Waals surface area contributed by atoms with Crippen molar-refractivity contribution in [2.24, 2.45) is 0 Å². The minimum atomic E-state index is -0.115. The third kappa shape index (κ3) is 6.03. The van der Waals surface area contributed by atoms with Crippen molar-refractivity contribution < 1.29 is 9.53 Å². The molecule has 162 valence electrons. The second-order valence-electron chi connectivity index (χ2n) is 6.75. The van der Waals surface area contributed by atoms with E-state index in [0.717, 1.165) is 16.8 Å². The molecule has 3 rings (SSSR count). The van der Waals surface area contributed by atoms with Crippen LogP contribution in [0.5, 0.6) is 5.75 Å². The summed E-state index contributed by atoms with van der Waals surface area (Å²) in [6.07, 6.45) is 1.74. The molecule has 6 nitrogen and oxygen atoms in total. The smallest absolute Gasteiger partial charge is 0.234 e. The maximum Gasteiger partial charge on any atom is 0.234 e. The van der Waals surface area contributed by atoms with E-state index in [0.29, 0.717) is 33.3 Å². The van der Waals surface area contributed by atoms with Crippen molar-refractivity contribution in [1.82, 2.24) is 14.8 Å². The molecule has 0 radical (unpaired) electrons. The molecule has 31 heavy (non-hydrogen) atoms. The van der Waals surface area contributed by atoms with Crippen LogP contribution in [0.25, 0.3) is 0 Å². The summed E-state index contributed by atoms with van der Waals surface area (Å²) in [5, 5.41) is 12.9. The molecule has 1 heterocycles. The zero-order valence-corrected chi connectivity index (χ0v) is 19.5. The summed E-state index contributed by atoms with van der Waals surface area (Å²) in [6, 6.07) is 10.8. The lowest BCUT2D eigenvalue weighted by molar-refractivity contribution is -0.113. The molecule has 0 bridgehead atoms. The number of anilines is 1. The van der Waals surface area contributed by atoms with E-state index in [1.807, 2.05) is 36.6 Å². The van der Waals surface area contributed by atoms with Gasteiger partial charge in [-0.05, 0) is 43.2 Å². The highest BCUT2D eigenvalue weighted by Crippen LogP contribution is 2.28. The number of hydrogen-bond donors (Lipinski definition) is 1. The first kappa shape index (κ1) is 23.2. The van der Waals surface area contributed by atoms with Crippen LogP contribution in [0.2, 0.25) is 10.0 Å². The first-order valence-electron chi connectivity index (χ1n) is 9.48. The number of rotatable bonds is 9. The number of thioether (sulfide) groups is 1. The number of carbonyl (C=O) groups excluding carboxylic acids is 1. The monoisotopic (exact) mass is 476 g/mol. The van der Waals surface area contributed by atoms with Crippen LogP contribution in [0.15, 0.2) is 54.2 Å². The minimum absolute atomic E-state index is 0.115. The van der Waals surface area contributed by atoms with Crippen LogP contribution in [0.1, 0.15) is 17.0 Å². The van der Waals surface area contributed by atoms with Gasteiger partial charge in [-0.2, -0.15) is 0 Å². The molecule has 1 N–H and O–H groups in total. The third-order valence-corrected chi connectivity index (χ3v) is 6.08. The molecule has 1 amide bonds. The van der Waals surface area contributed by atoms with Crippen LogP contribution in [0.3, 0.4) is 0 Å². The van der Waals surface area contributed by atoms with Crippen molar-refractivity contribution in [1.29, 1.82) is 0 Å². The largest absolute Gasteiger partial charge is 0.484 e. The van der Waals surface area contributed by atoms with Gasteiger partial charge in [0.25, 0.3) is 0 Å². The SMILES string of the molecule is C=CCn1c(COc2cc(Cl)ccc2Cl)nnc1SCC(=O)Nc1cccc(C)c1C. The summed E-state index contributed by atoms with van der Waals surface area (Å²) < 4.78 is 7.62. The number of nitrogens with zero attached hydrogens (tertiary/aromatic N) is 3. The fourth-order valence-electron chi connectivity index (χ4n) is 2.78. The molecule has 0 aliphatic carbocycles. The summed E-state index contributed by atoms with van der Waals surface area (Å²) >= 11 is 13.5. The Kier molecular flexibility index (Phi) is 8.01. The molecule has 0 aliphatic rings. The molecule has 0 saturated heterocycles. The van der Waals surface area contributed by atoms with E-state index in [9.17, 15) is 4.79 Å². The predicted molar refractivity (Wildman–Crippen MR) is 126 cm³/mol. The highest BCUT2D eigenvalue weighted by Gasteiger charge is 2.15. The molecule has 2 aromatic carbocycles. The minimum Gasteiger partial charge on any atom is -0.484 e. The molecule has 0 saturated carbocycles. The van der Waals surface area contributed by atoms with E-state index < -0.39 is 0 Å². The van der Waals surface area contributed by atoms with Crippen LogP contribution >= 0.6 is 35.0 Å². The average molecular weight is 477 g/mol. The third-order valence-electron chi connectivity index (χ3n) is 4.57. The summed E-state index contributed by atoms with van der Waals surface area (Å²) in [4.78, 5) is 12.4. The normalized spacial score (nSPS) is 10.7. The number of nitrogens with one attached hydrogen (secondary N) is 1. The predicted octanol–water partition coefficient (Wildman–Crippen LogP) is 5.70. The van der Waals surface area contributed by atoms with Gasteiger partial charge < -0.3 is 10.1 Å². The van der Waals surface area contributed by atoms with Crippen molar-refractivity contribution >= 4 is 46.6 Å². The number of aryl methyl sites for hydroxylation is 1. The number of hydrogen-bond acceptors (Lipinski definition) is 5. The van der Waals surface area contributed by atoms with E-state index in [-0.39, 0.29) is 18.3 Å². The zero-order valence-electron chi connectivity index (χ0n) is 17.2. The van der Waals surface area contributed by atoms with E-state index in [4.69, 9.17) is 27.9 Å². The van der Waals surface area contributed by atoms with Gasteiger partial charge in [-0.1, -0.05) is 53.2 Å². The Morgan fingerprint density at radius 1 is 1.26 bits per heavy atom. The number of halogens is 2. The van der Waals surface area contributed by atoms with Gasteiger partial charge in [-0.3, -0.25) is 9.36 Å². The number of aromatic nitrogens is 3. The highest BCUT2D eigenvalue weighted by molar-refractivity contribution is 7.99. The average Bonchev–Trinajstić information content (AvgIpc) is 3.12. The Balaban J connectivity index is 1.65. The van der Waals surface area contributed by atoms with Gasteiger partial charge in [-0.25, -0.2) is 0 Å². The fourth-order valence-corrected chi connectivity index (χ4v) is 3.88. The Labute approximate surface area is 195 Å². The van der Waals surface area contributed by atoms with Crippen LogP contribution in [-0.4, -0.2) is 26.4 Å². The molecule has 0 aliphatic heterocycles. The lowest BCUT2D eigenvalue weighted by Gasteiger charge is -2.11. The van der Waals surface area contributed by atoms with Crippen molar-refractivity contribution in [2.75, 3.05) is 11.1 Å². The maximum atomic E-state index is 12.4. The van der Waals surface area contributed by atoms with Gasteiger partial charge in [0.1, 0.15) is 12.4 Å². The molecule has 3 aromatic rings. The fraction of sp³-hybridized carbons (Fsp3) is 0.227. The summed E-state index contributed by atoms with van der Waals surface area (Å²) in [5.74, 6) is 1.14. The Bertz CT molecular complexity index is 1100. The van der Waals surface area contributed by atoms with E-state index >= 15 is 0 Å². The lowest BCUT2D eigenvalue weighted by atomic mass is 10.1. The number of ether oxygens (including phenoxy) is 1. The highest BCUT2D eigenvalue weighted by atomic mass is 35.5.